The third kappa shape index (κ3) is 4.71. The van der Waals surface area contributed by atoms with Crippen molar-refractivity contribution in [3.05, 3.63) is 52.3 Å². The molecule has 2 amide bonds. The van der Waals surface area contributed by atoms with E-state index >= 15 is 0 Å². The second-order valence-electron chi connectivity index (χ2n) is 6.34. The van der Waals surface area contributed by atoms with Crippen LogP contribution in [-0.4, -0.2) is 41.3 Å². The fraction of sp³-hybridized carbons (Fsp3) is 0.263. The van der Waals surface area contributed by atoms with E-state index in [-0.39, 0.29) is 16.9 Å². The average molecular weight is 442 g/mol. The number of amides is 2. The number of anilines is 1. The molecule has 7 nitrogen and oxygen atoms in total. The van der Waals surface area contributed by atoms with E-state index in [2.05, 4.69) is 5.32 Å². The number of nitrogens with one attached hydrogen (secondary N) is 2. The number of ketones is 1. The minimum atomic E-state index is -3.29. The molecule has 0 spiro atoms. The summed E-state index contributed by atoms with van der Waals surface area (Å²) < 4.78 is 66.9. The van der Waals surface area contributed by atoms with Gasteiger partial charge in [-0.15, -0.1) is 0 Å². The highest BCUT2D eigenvalue weighted by Gasteiger charge is 2.33. The Hall–Kier alpha value is -3.75. The molecule has 2 N–H and O–H groups in total. The van der Waals surface area contributed by atoms with Gasteiger partial charge in [-0.2, -0.15) is 5.26 Å². The molecule has 12 heteroatoms. The van der Waals surface area contributed by atoms with E-state index in [0.29, 0.717) is 0 Å². The lowest BCUT2D eigenvalue weighted by atomic mass is 10.1. The van der Waals surface area contributed by atoms with Crippen molar-refractivity contribution in [2.75, 3.05) is 12.0 Å². The van der Waals surface area contributed by atoms with Crippen molar-refractivity contribution in [2.24, 2.45) is 7.05 Å². The Morgan fingerprint density at radius 3 is 2.42 bits per heavy atom. The molecule has 0 aliphatic heterocycles. The van der Waals surface area contributed by atoms with Crippen molar-refractivity contribution in [2.45, 2.75) is 19.4 Å². The maximum Gasteiger partial charge on any atom is 0.294 e. The lowest BCUT2D eigenvalue weighted by Crippen LogP contribution is -2.45. The van der Waals surface area contributed by atoms with E-state index in [0.717, 1.165) is 29.8 Å². The molecule has 31 heavy (non-hydrogen) atoms. The molecule has 1 unspecified atom stereocenters. The predicted octanol–water partition coefficient (Wildman–Crippen LogP) is 2.64. The van der Waals surface area contributed by atoms with Gasteiger partial charge in [0.2, 0.25) is 0 Å². The number of alkyl halides is 3. The number of rotatable bonds is 7. The number of Topliss-reactive ketones (excluding diaryl/α,β-unsaturated/α-hetero) is 1. The van der Waals surface area contributed by atoms with Gasteiger partial charge in [-0.1, -0.05) is 0 Å². The summed E-state index contributed by atoms with van der Waals surface area (Å²) >= 11 is 0. The molecule has 1 aromatic carbocycles. The summed E-state index contributed by atoms with van der Waals surface area (Å²) in [7, 11) is 1.15. The lowest BCUT2D eigenvalue weighted by Gasteiger charge is -2.13. The van der Waals surface area contributed by atoms with Crippen molar-refractivity contribution in [1.29, 1.82) is 5.26 Å². The van der Waals surface area contributed by atoms with Gasteiger partial charge in [0.15, 0.2) is 5.82 Å². The number of halogens is 5. The summed E-state index contributed by atoms with van der Waals surface area (Å²) in [4.78, 5) is 36.7. The summed E-state index contributed by atoms with van der Waals surface area (Å²) in [5.74, 6) is -6.58. The Balaban J connectivity index is 2.35. The molecule has 0 radical (unpaired) electrons. The van der Waals surface area contributed by atoms with Crippen LogP contribution in [0.25, 0.3) is 0 Å². The summed E-state index contributed by atoms with van der Waals surface area (Å²) in [5, 5.41) is 12.5. The number of benzene rings is 1. The van der Waals surface area contributed by atoms with E-state index in [4.69, 9.17) is 5.26 Å². The van der Waals surface area contributed by atoms with Crippen molar-refractivity contribution >= 4 is 23.3 Å². The molecule has 1 heterocycles. The molecule has 164 valence electrons. The van der Waals surface area contributed by atoms with E-state index in [1.54, 1.807) is 6.07 Å². The maximum absolute atomic E-state index is 14.9. The van der Waals surface area contributed by atoms with Crippen molar-refractivity contribution in [3.8, 4) is 6.07 Å². The van der Waals surface area contributed by atoms with Crippen molar-refractivity contribution in [3.63, 3.8) is 0 Å². The molecule has 0 saturated carbocycles. The first-order valence-corrected chi connectivity index (χ1v) is 8.58. The summed E-state index contributed by atoms with van der Waals surface area (Å²) in [6.45, 7) is -0.400. The molecule has 0 fully saturated rings. The van der Waals surface area contributed by atoms with Gasteiger partial charge in [0.1, 0.15) is 30.3 Å². The van der Waals surface area contributed by atoms with E-state index < -0.39 is 59.6 Å². The number of nitriles is 1. The second-order valence-corrected chi connectivity index (χ2v) is 6.34. The average Bonchev–Trinajstić information content (AvgIpc) is 2.94. The molecular weight excluding hydrogens is 427 g/mol. The number of carbonyl (C=O) groups is 3. The Labute approximate surface area is 172 Å². The van der Waals surface area contributed by atoms with Gasteiger partial charge in [-0.3, -0.25) is 14.4 Å². The molecular formula is C19H15F5N4O3. The number of aromatic nitrogens is 1. The molecule has 0 aliphatic rings. The zero-order valence-corrected chi connectivity index (χ0v) is 16.1. The zero-order valence-electron chi connectivity index (χ0n) is 16.1. The number of hydrogen-bond acceptors (Lipinski definition) is 4. The van der Waals surface area contributed by atoms with E-state index in [1.807, 2.05) is 0 Å². The fourth-order valence-corrected chi connectivity index (χ4v) is 2.67. The highest BCUT2D eigenvalue weighted by atomic mass is 19.3. The van der Waals surface area contributed by atoms with Crippen LogP contribution in [0.3, 0.4) is 0 Å². The third-order valence-electron chi connectivity index (χ3n) is 4.41. The van der Waals surface area contributed by atoms with Gasteiger partial charge >= 0.3 is 0 Å². The van der Waals surface area contributed by atoms with Gasteiger partial charge in [0.25, 0.3) is 24.0 Å². The summed E-state index contributed by atoms with van der Waals surface area (Å²) in [6, 6.07) is 2.34. The summed E-state index contributed by atoms with van der Waals surface area (Å²) in [6.07, 6.45) is -3.29. The van der Waals surface area contributed by atoms with Gasteiger partial charge in [-0.05, 0) is 25.1 Å². The Bertz CT molecular complexity index is 1090. The topological polar surface area (TPSA) is 104 Å². The van der Waals surface area contributed by atoms with Crippen LogP contribution >= 0.6 is 0 Å². The van der Waals surface area contributed by atoms with Crippen molar-refractivity contribution < 1.29 is 36.3 Å². The van der Waals surface area contributed by atoms with Gasteiger partial charge in [0, 0.05) is 18.4 Å². The van der Waals surface area contributed by atoms with Crippen LogP contribution < -0.4 is 10.6 Å². The molecule has 2 rings (SSSR count). The molecule has 1 atom stereocenters. The molecule has 2 aromatic rings. The minimum Gasteiger partial charge on any atom is -0.342 e. The summed E-state index contributed by atoms with van der Waals surface area (Å²) in [5.41, 5.74) is -2.05. The molecule has 0 aliphatic carbocycles. The van der Waals surface area contributed by atoms with Crippen LogP contribution in [0.4, 0.5) is 27.6 Å². The standard InChI is InChI=1S/C19H15F5N4O3/c1-8-13(18(30)26-10-3-4-11(21)9(5-10)7-25)14(22)15(28(8)2)16(29)19(31)27-12(6-20)17(23)24/h3-5,12,17H,6H2,1-2H3,(H,26,30)(H,27,31). The van der Waals surface area contributed by atoms with Crippen LogP contribution in [-0.2, 0) is 11.8 Å². The highest BCUT2D eigenvalue weighted by Crippen LogP contribution is 2.23. The maximum atomic E-state index is 14.9. The minimum absolute atomic E-state index is 0.0426. The van der Waals surface area contributed by atoms with Gasteiger partial charge < -0.3 is 15.2 Å². The van der Waals surface area contributed by atoms with E-state index in [9.17, 15) is 36.3 Å². The Morgan fingerprint density at radius 1 is 1.23 bits per heavy atom. The first kappa shape index (κ1) is 23.5. The fourth-order valence-electron chi connectivity index (χ4n) is 2.67. The lowest BCUT2D eigenvalue weighted by molar-refractivity contribution is -0.119. The van der Waals surface area contributed by atoms with Crippen LogP contribution in [0, 0.1) is 29.9 Å². The molecule has 0 bridgehead atoms. The first-order chi connectivity index (χ1) is 14.5. The van der Waals surface area contributed by atoms with Crippen LogP contribution in [0.1, 0.15) is 32.1 Å². The molecule has 1 aromatic heterocycles. The van der Waals surface area contributed by atoms with Crippen LogP contribution in [0.15, 0.2) is 18.2 Å². The smallest absolute Gasteiger partial charge is 0.294 e. The highest BCUT2D eigenvalue weighted by molar-refractivity contribution is 6.42. The van der Waals surface area contributed by atoms with E-state index in [1.165, 1.54) is 12.2 Å². The molecule has 0 saturated heterocycles. The third-order valence-corrected chi connectivity index (χ3v) is 4.41. The monoisotopic (exact) mass is 442 g/mol. The van der Waals surface area contributed by atoms with Crippen LogP contribution in [0.5, 0.6) is 0 Å². The first-order valence-electron chi connectivity index (χ1n) is 8.58. The number of carbonyl (C=O) groups excluding carboxylic acids is 3. The quantitative estimate of drug-likeness (QED) is 0.391. The number of hydrogen-bond donors (Lipinski definition) is 2. The van der Waals surface area contributed by atoms with Crippen LogP contribution in [0.2, 0.25) is 0 Å². The number of nitrogens with zero attached hydrogens (tertiary/aromatic N) is 2. The van der Waals surface area contributed by atoms with Crippen molar-refractivity contribution in [1.82, 2.24) is 9.88 Å². The SMILES string of the molecule is Cc1c(C(=O)Nc2ccc(F)c(C#N)c2)c(F)c(C(=O)C(=O)NC(CF)C(F)F)n1C. The zero-order chi connectivity index (χ0) is 23.5. The normalized spacial score (nSPS) is 11.7. The predicted molar refractivity (Wildman–Crippen MR) is 97.4 cm³/mol. The Morgan fingerprint density at radius 2 is 1.87 bits per heavy atom. The Kier molecular flexibility index (Phi) is 7.12. The largest absolute Gasteiger partial charge is 0.342 e. The van der Waals surface area contributed by atoms with Gasteiger partial charge in [0.05, 0.1) is 11.1 Å². The van der Waals surface area contributed by atoms with Gasteiger partial charge in [-0.25, -0.2) is 22.0 Å². The second kappa shape index (κ2) is 9.38.